The second-order valence-electron chi connectivity index (χ2n) is 7.32. The lowest BCUT2D eigenvalue weighted by atomic mass is 10.2. The number of nitriles is 1. The van der Waals surface area contributed by atoms with Crippen LogP contribution in [-0.4, -0.2) is 67.5 Å². The van der Waals surface area contributed by atoms with E-state index in [1.807, 2.05) is 31.7 Å². The molecule has 28 heavy (non-hydrogen) atoms. The van der Waals surface area contributed by atoms with Crippen molar-refractivity contribution in [2.45, 2.75) is 26.4 Å². The molecule has 3 rings (SSSR count). The van der Waals surface area contributed by atoms with Gasteiger partial charge in [0.15, 0.2) is 11.6 Å². The summed E-state index contributed by atoms with van der Waals surface area (Å²) in [5.41, 5.74) is -0.585. The first-order valence-electron chi connectivity index (χ1n) is 8.75. The second kappa shape index (κ2) is 7.38. The lowest BCUT2D eigenvalue weighted by Gasteiger charge is -2.35. The quantitative estimate of drug-likeness (QED) is 0.757. The number of piperazine rings is 1. The van der Waals surface area contributed by atoms with Crippen LogP contribution in [0.2, 0.25) is 0 Å². The maximum absolute atomic E-state index is 14.3. The molecule has 10 nitrogen and oxygen atoms in total. The highest BCUT2D eigenvalue weighted by Crippen LogP contribution is 2.21. The molecule has 148 valence electrons. The van der Waals surface area contributed by atoms with Gasteiger partial charge in [-0.15, -0.1) is 5.10 Å². The smallest absolute Gasteiger partial charge is 0.410 e. The van der Waals surface area contributed by atoms with Crippen molar-refractivity contribution < 1.29 is 13.9 Å². The molecule has 2 aromatic heterocycles. The zero-order valence-corrected chi connectivity index (χ0v) is 16.2. The third-order valence-corrected chi connectivity index (χ3v) is 4.02. The third-order valence-electron chi connectivity index (χ3n) is 4.02. The van der Waals surface area contributed by atoms with E-state index < -0.39 is 11.4 Å². The Labute approximate surface area is 161 Å². The monoisotopic (exact) mass is 388 g/mol. The molecule has 0 spiro atoms. The Bertz CT molecular complexity index is 922. The number of carbonyl (C=O) groups is 1. The zero-order valence-electron chi connectivity index (χ0n) is 16.2. The highest BCUT2D eigenvalue weighted by atomic mass is 19.1. The average Bonchev–Trinajstić information content (AvgIpc) is 3.01. The summed E-state index contributed by atoms with van der Waals surface area (Å²) < 4.78 is 20.9. The van der Waals surface area contributed by atoms with Gasteiger partial charge in [0, 0.05) is 33.2 Å². The minimum absolute atomic E-state index is 0.0314. The van der Waals surface area contributed by atoms with Gasteiger partial charge in [0.05, 0.1) is 6.20 Å². The molecule has 11 heteroatoms. The van der Waals surface area contributed by atoms with Gasteiger partial charge in [0.2, 0.25) is 5.95 Å². The van der Waals surface area contributed by atoms with Crippen LogP contribution in [0.4, 0.5) is 15.1 Å². The van der Waals surface area contributed by atoms with Crippen LogP contribution in [0.5, 0.6) is 0 Å². The summed E-state index contributed by atoms with van der Waals surface area (Å²) in [4.78, 5) is 28.0. The minimum Gasteiger partial charge on any atom is -0.444 e. The number of halogens is 1. The molecule has 1 fully saturated rings. The molecule has 3 heterocycles. The van der Waals surface area contributed by atoms with E-state index in [0.29, 0.717) is 32.1 Å². The molecule has 1 aliphatic rings. The molecule has 0 bridgehead atoms. The van der Waals surface area contributed by atoms with Gasteiger partial charge < -0.3 is 14.5 Å². The SMILES string of the molecule is Cn1nc(C#N)nc1-c1nc(N2CCN(C(=O)OC(C)(C)C)CC2)ncc1F. The van der Waals surface area contributed by atoms with Crippen molar-refractivity contribution in [3.8, 4) is 17.6 Å². The first-order valence-corrected chi connectivity index (χ1v) is 8.75. The average molecular weight is 388 g/mol. The molecule has 0 unspecified atom stereocenters. The number of carbonyl (C=O) groups excluding carboxylic acids is 1. The van der Waals surface area contributed by atoms with Gasteiger partial charge in [-0.25, -0.2) is 23.8 Å². The Morgan fingerprint density at radius 3 is 2.50 bits per heavy atom. The van der Waals surface area contributed by atoms with Crippen molar-refractivity contribution >= 4 is 12.0 Å². The molecule has 1 amide bonds. The highest BCUT2D eigenvalue weighted by Gasteiger charge is 2.27. The molecule has 0 aliphatic carbocycles. The summed E-state index contributed by atoms with van der Waals surface area (Å²) in [6.45, 7) is 7.29. The zero-order chi connectivity index (χ0) is 20.5. The van der Waals surface area contributed by atoms with E-state index in [0.717, 1.165) is 6.20 Å². The maximum Gasteiger partial charge on any atom is 0.410 e. The summed E-state index contributed by atoms with van der Waals surface area (Å²) in [6, 6.07) is 1.82. The Morgan fingerprint density at radius 2 is 1.93 bits per heavy atom. The minimum atomic E-state index is -0.656. The van der Waals surface area contributed by atoms with Gasteiger partial charge in [-0.1, -0.05) is 0 Å². The number of ether oxygens (including phenoxy) is 1. The van der Waals surface area contributed by atoms with Gasteiger partial charge in [-0.05, 0) is 20.8 Å². The summed E-state index contributed by atoms with van der Waals surface area (Å²) in [7, 11) is 1.56. The van der Waals surface area contributed by atoms with Crippen LogP contribution in [0, 0.1) is 17.1 Å². The van der Waals surface area contributed by atoms with Crippen LogP contribution in [0.25, 0.3) is 11.5 Å². The molecule has 2 aromatic rings. The first-order chi connectivity index (χ1) is 13.2. The fourth-order valence-corrected chi connectivity index (χ4v) is 2.72. The number of hydrogen-bond donors (Lipinski definition) is 0. The fourth-order valence-electron chi connectivity index (χ4n) is 2.72. The van der Waals surface area contributed by atoms with Crippen molar-refractivity contribution in [1.82, 2.24) is 29.6 Å². The number of aryl methyl sites for hydroxylation is 1. The number of anilines is 1. The van der Waals surface area contributed by atoms with Crippen LogP contribution < -0.4 is 4.90 Å². The van der Waals surface area contributed by atoms with E-state index in [2.05, 4.69) is 20.1 Å². The molecule has 0 saturated carbocycles. The standard InChI is InChI=1S/C17H21FN8O2/c1-17(2,3)28-16(27)26-7-5-25(6-8-26)15-20-10-11(18)13(22-15)14-21-12(9-19)23-24(14)4/h10H,5-8H2,1-4H3. The van der Waals surface area contributed by atoms with Gasteiger partial charge in [-0.2, -0.15) is 10.2 Å². The van der Waals surface area contributed by atoms with E-state index in [9.17, 15) is 9.18 Å². The van der Waals surface area contributed by atoms with Crippen molar-refractivity contribution in [3.63, 3.8) is 0 Å². The van der Waals surface area contributed by atoms with Crippen molar-refractivity contribution in [2.75, 3.05) is 31.1 Å². The number of nitrogens with zero attached hydrogens (tertiary/aromatic N) is 8. The van der Waals surface area contributed by atoms with Gasteiger partial charge >= 0.3 is 6.09 Å². The number of aromatic nitrogens is 5. The first kappa shape index (κ1) is 19.5. The van der Waals surface area contributed by atoms with Crippen LogP contribution in [0.15, 0.2) is 6.20 Å². The Balaban J connectivity index is 1.75. The summed E-state index contributed by atoms with van der Waals surface area (Å²) in [5, 5.41) is 12.8. The predicted octanol–water partition coefficient (Wildman–Crippen LogP) is 1.34. The van der Waals surface area contributed by atoms with E-state index in [-0.39, 0.29) is 23.4 Å². The molecule has 0 N–H and O–H groups in total. The molecule has 1 aliphatic heterocycles. The Morgan fingerprint density at radius 1 is 1.25 bits per heavy atom. The summed E-state index contributed by atoms with van der Waals surface area (Å²) >= 11 is 0. The van der Waals surface area contributed by atoms with Crippen LogP contribution in [0.1, 0.15) is 26.6 Å². The normalized spacial score (nSPS) is 14.7. The van der Waals surface area contributed by atoms with Crippen LogP contribution >= 0.6 is 0 Å². The second-order valence-corrected chi connectivity index (χ2v) is 7.32. The lowest BCUT2D eigenvalue weighted by molar-refractivity contribution is 0.0240. The topological polar surface area (TPSA) is 113 Å². The highest BCUT2D eigenvalue weighted by molar-refractivity contribution is 5.68. The number of rotatable bonds is 2. The van der Waals surface area contributed by atoms with Crippen LogP contribution in [0.3, 0.4) is 0 Å². The van der Waals surface area contributed by atoms with Crippen molar-refractivity contribution in [2.24, 2.45) is 7.05 Å². The van der Waals surface area contributed by atoms with E-state index in [1.165, 1.54) is 4.68 Å². The van der Waals surface area contributed by atoms with E-state index >= 15 is 0 Å². The molecule has 0 atom stereocenters. The number of hydrogen-bond acceptors (Lipinski definition) is 8. The predicted molar refractivity (Wildman–Crippen MR) is 96.7 cm³/mol. The van der Waals surface area contributed by atoms with Crippen molar-refractivity contribution in [1.29, 1.82) is 5.26 Å². The summed E-state index contributed by atoms with van der Waals surface area (Å²) in [6.07, 6.45) is 0.703. The van der Waals surface area contributed by atoms with Gasteiger partial charge in [-0.3, -0.25) is 0 Å². The molecule has 1 saturated heterocycles. The fraction of sp³-hybridized carbons (Fsp3) is 0.529. The van der Waals surface area contributed by atoms with Gasteiger partial charge in [0.1, 0.15) is 17.4 Å². The summed E-state index contributed by atoms with van der Waals surface area (Å²) in [5.74, 6) is -0.258. The van der Waals surface area contributed by atoms with E-state index in [4.69, 9.17) is 10.00 Å². The molecular weight excluding hydrogens is 367 g/mol. The van der Waals surface area contributed by atoms with Gasteiger partial charge in [0.25, 0.3) is 5.82 Å². The number of amides is 1. The van der Waals surface area contributed by atoms with E-state index in [1.54, 1.807) is 11.9 Å². The lowest BCUT2D eigenvalue weighted by Crippen LogP contribution is -2.50. The Hall–Kier alpha value is -3.29. The largest absolute Gasteiger partial charge is 0.444 e. The maximum atomic E-state index is 14.3. The van der Waals surface area contributed by atoms with Crippen LogP contribution in [-0.2, 0) is 11.8 Å². The van der Waals surface area contributed by atoms with Crippen molar-refractivity contribution in [3.05, 3.63) is 17.8 Å². The Kier molecular flexibility index (Phi) is 5.13. The molecular formula is C17H21FN8O2. The third kappa shape index (κ3) is 4.16. The molecule has 0 aromatic carbocycles. The molecule has 0 radical (unpaired) electrons.